The van der Waals surface area contributed by atoms with Crippen molar-refractivity contribution < 1.29 is 18.7 Å². The van der Waals surface area contributed by atoms with Gasteiger partial charge in [-0.05, 0) is 48.9 Å². The van der Waals surface area contributed by atoms with Gasteiger partial charge in [0.2, 0.25) is 0 Å². The zero-order chi connectivity index (χ0) is 19.2. The minimum absolute atomic E-state index is 0.145. The number of halogens is 1. The van der Waals surface area contributed by atoms with Crippen LogP contribution >= 0.6 is 11.3 Å². The predicted molar refractivity (Wildman–Crippen MR) is 104 cm³/mol. The van der Waals surface area contributed by atoms with Crippen molar-refractivity contribution in [3.63, 3.8) is 0 Å². The van der Waals surface area contributed by atoms with E-state index in [9.17, 15) is 9.18 Å². The molecule has 3 aromatic rings. The number of hydrogen-bond acceptors (Lipinski definition) is 5. The van der Waals surface area contributed by atoms with E-state index in [2.05, 4.69) is 10.3 Å². The molecule has 0 aliphatic rings. The third-order valence-corrected chi connectivity index (χ3v) is 4.66. The highest BCUT2D eigenvalue weighted by Gasteiger charge is 2.14. The predicted octanol–water partition coefficient (Wildman–Crippen LogP) is 4.54. The molecule has 3 rings (SSSR count). The van der Waals surface area contributed by atoms with Crippen LogP contribution in [0.5, 0.6) is 5.75 Å². The highest BCUT2D eigenvalue weighted by Crippen LogP contribution is 2.26. The normalized spacial score (nSPS) is 10.6. The molecule has 0 bridgehead atoms. The average Bonchev–Trinajstić information content (AvgIpc) is 3.16. The first-order chi connectivity index (χ1) is 13.1. The van der Waals surface area contributed by atoms with Gasteiger partial charge in [0.1, 0.15) is 28.9 Å². The molecule has 0 atom stereocenters. The van der Waals surface area contributed by atoms with Crippen LogP contribution in [0.15, 0.2) is 47.8 Å². The smallest absolute Gasteiger partial charge is 0.275 e. The van der Waals surface area contributed by atoms with Gasteiger partial charge in [0.05, 0.1) is 12.3 Å². The minimum Gasteiger partial charge on any atom is -0.491 e. The SMILES string of the molecule is COCCOc1ccc(-c2nc(C(=O)Nc3cc(C)ccc3F)cs2)cc1. The molecule has 140 valence electrons. The Morgan fingerprint density at radius 2 is 1.96 bits per heavy atom. The van der Waals surface area contributed by atoms with Crippen LogP contribution < -0.4 is 10.1 Å². The Labute approximate surface area is 160 Å². The lowest BCUT2D eigenvalue weighted by molar-refractivity contribution is 0.102. The van der Waals surface area contributed by atoms with E-state index in [0.29, 0.717) is 18.2 Å². The minimum atomic E-state index is -0.478. The van der Waals surface area contributed by atoms with Gasteiger partial charge in [-0.25, -0.2) is 9.37 Å². The van der Waals surface area contributed by atoms with Crippen molar-refractivity contribution in [1.82, 2.24) is 4.98 Å². The summed E-state index contributed by atoms with van der Waals surface area (Å²) in [6, 6.07) is 12.0. The van der Waals surface area contributed by atoms with E-state index in [0.717, 1.165) is 16.9 Å². The van der Waals surface area contributed by atoms with E-state index in [1.165, 1.54) is 17.4 Å². The van der Waals surface area contributed by atoms with Crippen molar-refractivity contribution in [1.29, 1.82) is 0 Å². The van der Waals surface area contributed by atoms with E-state index < -0.39 is 11.7 Å². The van der Waals surface area contributed by atoms with Gasteiger partial charge in [-0.3, -0.25) is 4.79 Å². The number of methoxy groups -OCH3 is 1. The van der Waals surface area contributed by atoms with Crippen LogP contribution in [0.4, 0.5) is 10.1 Å². The zero-order valence-corrected chi connectivity index (χ0v) is 15.8. The van der Waals surface area contributed by atoms with E-state index in [1.807, 2.05) is 31.2 Å². The Kier molecular flexibility index (Phi) is 6.16. The fourth-order valence-electron chi connectivity index (χ4n) is 2.37. The Morgan fingerprint density at radius 1 is 1.19 bits per heavy atom. The van der Waals surface area contributed by atoms with E-state index in [1.54, 1.807) is 24.6 Å². The maximum absolute atomic E-state index is 13.8. The Bertz CT molecular complexity index is 925. The van der Waals surface area contributed by atoms with Crippen LogP contribution in [-0.4, -0.2) is 31.2 Å². The molecule has 0 saturated carbocycles. The van der Waals surface area contributed by atoms with Crippen LogP contribution in [0.25, 0.3) is 10.6 Å². The summed E-state index contributed by atoms with van der Waals surface area (Å²) in [4.78, 5) is 16.7. The fraction of sp³-hybridized carbons (Fsp3) is 0.200. The third-order valence-electron chi connectivity index (χ3n) is 3.76. The van der Waals surface area contributed by atoms with Crippen molar-refractivity contribution in [2.45, 2.75) is 6.92 Å². The number of aryl methyl sites for hydroxylation is 1. The lowest BCUT2D eigenvalue weighted by atomic mass is 10.2. The van der Waals surface area contributed by atoms with Gasteiger partial charge >= 0.3 is 0 Å². The van der Waals surface area contributed by atoms with Crippen LogP contribution in [0.1, 0.15) is 16.1 Å². The van der Waals surface area contributed by atoms with Gasteiger partial charge in [-0.2, -0.15) is 0 Å². The molecule has 0 saturated heterocycles. The maximum atomic E-state index is 13.8. The highest BCUT2D eigenvalue weighted by molar-refractivity contribution is 7.13. The van der Waals surface area contributed by atoms with E-state index >= 15 is 0 Å². The van der Waals surface area contributed by atoms with Gasteiger partial charge in [0.15, 0.2) is 0 Å². The largest absolute Gasteiger partial charge is 0.491 e. The van der Waals surface area contributed by atoms with Crippen molar-refractivity contribution in [2.75, 3.05) is 25.6 Å². The number of ether oxygens (including phenoxy) is 2. The fourth-order valence-corrected chi connectivity index (χ4v) is 3.17. The summed E-state index contributed by atoms with van der Waals surface area (Å²) in [5.74, 6) is -0.185. The molecule has 0 fully saturated rings. The molecule has 1 heterocycles. The number of carbonyl (C=O) groups excluding carboxylic acids is 1. The summed E-state index contributed by atoms with van der Waals surface area (Å²) in [5.41, 5.74) is 2.13. The van der Waals surface area contributed by atoms with Crippen molar-refractivity contribution in [3.8, 4) is 16.3 Å². The van der Waals surface area contributed by atoms with Gasteiger partial charge in [0, 0.05) is 18.1 Å². The molecule has 1 aromatic heterocycles. The first-order valence-corrected chi connectivity index (χ1v) is 9.20. The molecular formula is C20H19FN2O3S. The maximum Gasteiger partial charge on any atom is 0.275 e. The van der Waals surface area contributed by atoms with Gasteiger partial charge in [0.25, 0.3) is 5.91 Å². The number of hydrogen-bond donors (Lipinski definition) is 1. The molecule has 0 aliphatic carbocycles. The molecule has 0 unspecified atom stereocenters. The highest BCUT2D eigenvalue weighted by atomic mass is 32.1. The molecule has 1 amide bonds. The molecule has 7 heteroatoms. The molecule has 2 aromatic carbocycles. The zero-order valence-electron chi connectivity index (χ0n) is 15.0. The Morgan fingerprint density at radius 3 is 2.70 bits per heavy atom. The average molecular weight is 386 g/mol. The number of carbonyl (C=O) groups is 1. The van der Waals surface area contributed by atoms with Crippen LogP contribution in [0.3, 0.4) is 0 Å². The summed E-state index contributed by atoms with van der Waals surface area (Å²) in [5, 5.41) is 4.92. The van der Waals surface area contributed by atoms with Gasteiger partial charge in [-0.1, -0.05) is 6.07 Å². The number of thiazole rings is 1. The Balaban J connectivity index is 1.68. The summed E-state index contributed by atoms with van der Waals surface area (Å²) in [7, 11) is 1.62. The lowest BCUT2D eigenvalue weighted by Crippen LogP contribution is -2.13. The van der Waals surface area contributed by atoms with Crippen molar-refractivity contribution >= 4 is 22.9 Å². The second-order valence-corrected chi connectivity index (χ2v) is 6.70. The van der Waals surface area contributed by atoms with Gasteiger partial charge < -0.3 is 14.8 Å². The summed E-state index contributed by atoms with van der Waals surface area (Å²) < 4.78 is 24.3. The topological polar surface area (TPSA) is 60.5 Å². The monoisotopic (exact) mass is 386 g/mol. The molecule has 1 N–H and O–H groups in total. The first kappa shape index (κ1) is 19.0. The van der Waals surface area contributed by atoms with Gasteiger partial charge in [-0.15, -0.1) is 11.3 Å². The molecular weight excluding hydrogens is 367 g/mol. The van der Waals surface area contributed by atoms with Crippen molar-refractivity contribution in [2.24, 2.45) is 0 Å². The molecule has 27 heavy (non-hydrogen) atoms. The van der Waals surface area contributed by atoms with E-state index in [4.69, 9.17) is 9.47 Å². The molecule has 5 nitrogen and oxygen atoms in total. The van der Waals surface area contributed by atoms with Crippen LogP contribution in [0.2, 0.25) is 0 Å². The standard InChI is InChI=1S/C20H19FN2O3S/c1-13-3-8-16(21)17(11-13)22-19(24)18-12-27-20(23-18)14-4-6-15(7-5-14)26-10-9-25-2/h3-8,11-12H,9-10H2,1-2H3,(H,22,24). The van der Waals surface area contributed by atoms with Crippen LogP contribution in [0, 0.1) is 12.7 Å². The Hall–Kier alpha value is -2.77. The molecule has 0 radical (unpaired) electrons. The molecule has 0 spiro atoms. The second kappa shape index (κ2) is 8.75. The number of nitrogens with zero attached hydrogens (tertiary/aromatic N) is 1. The second-order valence-electron chi connectivity index (χ2n) is 5.84. The lowest BCUT2D eigenvalue weighted by Gasteiger charge is -2.06. The van der Waals surface area contributed by atoms with E-state index in [-0.39, 0.29) is 11.4 Å². The summed E-state index contributed by atoms with van der Waals surface area (Å²) in [6.07, 6.45) is 0. The third kappa shape index (κ3) is 4.90. The summed E-state index contributed by atoms with van der Waals surface area (Å²) >= 11 is 1.35. The number of amides is 1. The number of aromatic nitrogens is 1. The molecule has 0 aliphatic heterocycles. The number of benzene rings is 2. The van der Waals surface area contributed by atoms with Crippen LogP contribution in [-0.2, 0) is 4.74 Å². The number of nitrogens with one attached hydrogen (secondary N) is 1. The quantitative estimate of drug-likeness (QED) is 0.606. The first-order valence-electron chi connectivity index (χ1n) is 8.32. The number of rotatable bonds is 7. The number of anilines is 1. The van der Waals surface area contributed by atoms with Crippen molar-refractivity contribution in [3.05, 3.63) is 64.9 Å². The summed E-state index contributed by atoms with van der Waals surface area (Å²) in [6.45, 7) is 2.83.